The number of carbonyl (C=O) groups is 1. The van der Waals surface area contributed by atoms with Crippen LogP contribution in [0.15, 0.2) is 12.2 Å². The average molecular weight is 210 g/mol. The van der Waals surface area contributed by atoms with Gasteiger partial charge < -0.3 is 10.6 Å². The first-order chi connectivity index (χ1) is 7.33. The third-order valence-electron chi connectivity index (χ3n) is 2.81. The van der Waals surface area contributed by atoms with Crippen LogP contribution in [-0.4, -0.2) is 25.5 Å². The number of hydrogen-bond acceptors (Lipinski definition) is 2. The van der Waals surface area contributed by atoms with Gasteiger partial charge in [0.1, 0.15) is 0 Å². The molecule has 0 saturated carbocycles. The number of carbonyl (C=O) groups excluding carboxylic acids is 1. The van der Waals surface area contributed by atoms with E-state index in [0.717, 1.165) is 32.5 Å². The molecule has 0 radical (unpaired) electrons. The molecule has 1 rings (SSSR count). The maximum Gasteiger partial charge on any atom is 0.220 e. The standard InChI is InChI=1S/C12H22N2O/c1-2-3-4-8-14-12(15)6-5-11-7-9-13-10-11/h2-3,11,13H,4-10H2,1H3,(H,14,15)/b3-2+. The van der Waals surface area contributed by atoms with E-state index in [1.54, 1.807) is 0 Å². The molecule has 1 fully saturated rings. The summed E-state index contributed by atoms with van der Waals surface area (Å²) in [7, 11) is 0. The van der Waals surface area contributed by atoms with Gasteiger partial charge in [-0.2, -0.15) is 0 Å². The van der Waals surface area contributed by atoms with Crippen LogP contribution in [0.1, 0.15) is 32.6 Å². The molecule has 3 heteroatoms. The first-order valence-electron chi connectivity index (χ1n) is 5.91. The number of hydrogen-bond donors (Lipinski definition) is 2. The van der Waals surface area contributed by atoms with Crippen molar-refractivity contribution in [1.82, 2.24) is 10.6 Å². The molecule has 1 heterocycles. The first-order valence-corrected chi connectivity index (χ1v) is 5.91. The van der Waals surface area contributed by atoms with Gasteiger partial charge in [0.25, 0.3) is 0 Å². The zero-order valence-corrected chi connectivity index (χ0v) is 9.59. The Hall–Kier alpha value is -0.830. The summed E-state index contributed by atoms with van der Waals surface area (Å²) in [4.78, 5) is 11.4. The minimum atomic E-state index is 0.200. The highest BCUT2D eigenvalue weighted by Gasteiger charge is 2.15. The van der Waals surface area contributed by atoms with Crippen LogP contribution in [0.2, 0.25) is 0 Å². The van der Waals surface area contributed by atoms with Gasteiger partial charge in [0, 0.05) is 13.0 Å². The lowest BCUT2D eigenvalue weighted by atomic mass is 10.0. The largest absolute Gasteiger partial charge is 0.356 e. The van der Waals surface area contributed by atoms with Crippen molar-refractivity contribution in [2.24, 2.45) is 5.92 Å². The minimum absolute atomic E-state index is 0.200. The average Bonchev–Trinajstić information content (AvgIpc) is 2.74. The van der Waals surface area contributed by atoms with Gasteiger partial charge >= 0.3 is 0 Å². The molecule has 0 aromatic heterocycles. The molecule has 1 atom stereocenters. The number of rotatable bonds is 6. The van der Waals surface area contributed by atoms with Crippen LogP contribution in [0.5, 0.6) is 0 Å². The molecule has 2 N–H and O–H groups in total. The van der Waals surface area contributed by atoms with Crippen molar-refractivity contribution >= 4 is 5.91 Å². The van der Waals surface area contributed by atoms with E-state index in [1.165, 1.54) is 6.42 Å². The van der Waals surface area contributed by atoms with Crippen molar-refractivity contribution in [3.63, 3.8) is 0 Å². The Labute approximate surface area is 92.3 Å². The molecule has 0 aliphatic carbocycles. The van der Waals surface area contributed by atoms with Crippen LogP contribution in [0, 0.1) is 5.92 Å². The minimum Gasteiger partial charge on any atom is -0.356 e. The lowest BCUT2D eigenvalue weighted by molar-refractivity contribution is -0.121. The van der Waals surface area contributed by atoms with Gasteiger partial charge in [0.05, 0.1) is 0 Å². The Morgan fingerprint density at radius 3 is 3.13 bits per heavy atom. The second kappa shape index (κ2) is 7.46. The van der Waals surface area contributed by atoms with E-state index in [-0.39, 0.29) is 5.91 Å². The quantitative estimate of drug-likeness (QED) is 0.515. The topological polar surface area (TPSA) is 41.1 Å². The summed E-state index contributed by atoms with van der Waals surface area (Å²) in [6, 6.07) is 0. The van der Waals surface area contributed by atoms with Crippen molar-refractivity contribution in [2.45, 2.75) is 32.6 Å². The van der Waals surface area contributed by atoms with Crippen LogP contribution >= 0.6 is 0 Å². The molecule has 0 aromatic rings. The van der Waals surface area contributed by atoms with E-state index in [4.69, 9.17) is 0 Å². The van der Waals surface area contributed by atoms with E-state index in [9.17, 15) is 4.79 Å². The van der Waals surface area contributed by atoms with Gasteiger partial charge in [-0.15, -0.1) is 0 Å². The lowest BCUT2D eigenvalue weighted by Crippen LogP contribution is -2.24. The Morgan fingerprint density at radius 2 is 2.47 bits per heavy atom. The summed E-state index contributed by atoms with van der Waals surface area (Å²) in [6.07, 6.45) is 7.96. The van der Waals surface area contributed by atoms with Crippen molar-refractivity contribution in [1.29, 1.82) is 0 Å². The van der Waals surface area contributed by atoms with Crippen LogP contribution in [0.4, 0.5) is 0 Å². The summed E-state index contributed by atoms with van der Waals surface area (Å²) in [5, 5.41) is 6.25. The molecule has 0 bridgehead atoms. The highest BCUT2D eigenvalue weighted by atomic mass is 16.1. The molecule has 86 valence electrons. The molecule has 3 nitrogen and oxygen atoms in total. The Morgan fingerprint density at radius 1 is 1.60 bits per heavy atom. The monoisotopic (exact) mass is 210 g/mol. The molecule has 0 spiro atoms. The van der Waals surface area contributed by atoms with Crippen LogP contribution in [-0.2, 0) is 4.79 Å². The summed E-state index contributed by atoms with van der Waals surface area (Å²) < 4.78 is 0. The summed E-state index contributed by atoms with van der Waals surface area (Å²) in [5.74, 6) is 0.915. The zero-order valence-electron chi connectivity index (χ0n) is 9.59. The molecule has 1 aliphatic rings. The summed E-state index contributed by atoms with van der Waals surface area (Å²) in [6.45, 7) is 4.97. The fourth-order valence-corrected chi connectivity index (χ4v) is 1.85. The first kappa shape index (κ1) is 12.2. The van der Waals surface area contributed by atoms with Gasteiger partial charge in [-0.05, 0) is 45.2 Å². The lowest BCUT2D eigenvalue weighted by Gasteiger charge is -2.07. The molecular formula is C12H22N2O. The Balaban J connectivity index is 1.97. The second-order valence-electron chi connectivity index (χ2n) is 4.11. The van der Waals surface area contributed by atoms with Gasteiger partial charge in [-0.1, -0.05) is 12.2 Å². The Bertz CT molecular complexity index is 208. The highest BCUT2D eigenvalue weighted by molar-refractivity contribution is 5.75. The number of amides is 1. The van der Waals surface area contributed by atoms with Crippen LogP contribution in [0.3, 0.4) is 0 Å². The molecule has 1 amide bonds. The van der Waals surface area contributed by atoms with Crippen LogP contribution < -0.4 is 10.6 Å². The van der Waals surface area contributed by atoms with Crippen LogP contribution in [0.25, 0.3) is 0 Å². The summed E-state index contributed by atoms with van der Waals surface area (Å²) in [5.41, 5.74) is 0. The summed E-state index contributed by atoms with van der Waals surface area (Å²) >= 11 is 0. The van der Waals surface area contributed by atoms with Crippen molar-refractivity contribution in [3.8, 4) is 0 Å². The molecule has 15 heavy (non-hydrogen) atoms. The van der Waals surface area contributed by atoms with Crippen molar-refractivity contribution in [3.05, 3.63) is 12.2 Å². The second-order valence-corrected chi connectivity index (χ2v) is 4.11. The molecule has 1 unspecified atom stereocenters. The molecule has 0 aromatic carbocycles. The zero-order chi connectivity index (χ0) is 10.9. The Kier molecular flexibility index (Phi) is 6.09. The van der Waals surface area contributed by atoms with Gasteiger partial charge in [-0.25, -0.2) is 0 Å². The van der Waals surface area contributed by atoms with Gasteiger partial charge in [-0.3, -0.25) is 4.79 Å². The maximum absolute atomic E-state index is 11.4. The van der Waals surface area contributed by atoms with E-state index in [2.05, 4.69) is 16.7 Å². The number of nitrogens with one attached hydrogen (secondary N) is 2. The van der Waals surface area contributed by atoms with Gasteiger partial charge in [0.15, 0.2) is 0 Å². The molecular weight excluding hydrogens is 188 g/mol. The van der Waals surface area contributed by atoms with E-state index >= 15 is 0 Å². The third-order valence-corrected chi connectivity index (χ3v) is 2.81. The van der Waals surface area contributed by atoms with E-state index in [1.807, 2.05) is 13.0 Å². The van der Waals surface area contributed by atoms with E-state index in [0.29, 0.717) is 12.3 Å². The fraction of sp³-hybridized carbons (Fsp3) is 0.750. The van der Waals surface area contributed by atoms with Gasteiger partial charge in [0.2, 0.25) is 5.91 Å². The smallest absolute Gasteiger partial charge is 0.220 e. The molecule has 1 saturated heterocycles. The third kappa shape index (κ3) is 5.57. The van der Waals surface area contributed by atoms with Crippen molar-refractivity contribution < 1.29 is 4.79 Å². The van der Waals surface area contributed by atoms with Crippen molar-refractivity contribution in [2.75, 3.05) is 19.6 Å². The van der Waals surface area contributed by atoms with E-state index < -0.39 is 0 Å². The number of allylic oxidation sites excluding steroid dienone is 1. The fourth-order valence-electron chi connectivity index (χ4n) is 1.85. The SMILES string of the molecule is C/C=C/CCNC(=O)CCC1CCNC1. The normalized spacial score (nSPS) is 21.0. The molecule has 1 aliphatic heterocycles. The maximum atomic E-state index is 11.4. The predicted octanol–water partition coefficient (Wildman–Crippen LogP) is 1.46. The highest BCUT2D eigenvalue weighted by Crippen LogP contribution is 2.13. The predicted molar refractivity (Wildman–Crippen MR) is 62.7 cm³/mol.